The highest BCUT2D eigenvalue weighted by atomic mass is 127. The first kappa shape index (κ1) is 24.9. The Hall–Kier alpha value is -1.36. The third-order valence-corrected chi connectivity index (χ3v) is 5.72. The van der Waals surface area contributed by atoms with Crippen molar-refractivity contribution in [1.29, 1.82) is 0 Å². The summed E-state index contributed by atoms with van der Waals surface area (Å²) in [6.45, 7) is 1.82. The third kappa shape index (κ3) is 7.40. The molecular formula is C22H30INO5S. The minimum atomic E-state index is -0.000597. The van der Waals surface area contributed by atoms with Crippen molar-refractivity contribution in [2.75, 3.05) is 41.5 Å². The Morgan fingerprint density at radius 2 is 1.47 bits per heavy atom. The van der Waals surface area contributed by atoms with E-state index < -0.39 is 0 Å². The molecule has 1 N–H and O–H groups in total. The minimum Gasteiger partial charge on any atom is -0.493 e. The zero-order valence-electron chi connectivity index (χ0n) is 17.9. The van der Waals surface area contributed by atoms with Crippen LogP contribution in [0.3, 0.4) is 0 Å². The van der Waals surface area contributed by atoms with Crippen LogP contribution in [0.5, 0.6) is 23.0 Å². The SMILES string of the molecule is COc1ccc(CCNCCCC(OSI)c2ccc(OC)c(OC)c2)cc1OC. The Bertz CT molecular complexity index is 777. The molecule has 0 aromatic heterocycles. The summed E-state index contributed by atoms with van der Waals surface area (Å²) >= 11 is 2.16. The van der Waals surface area contributed by atoms with Crippen LogP contribution in [0, 0.1) is 0 Å². The van der Waals surface area contributed by atoms with Gasteiger partial charge in [-0.15, -0.1) is 0 Å². The fourth-order valence-electron chi connectivity index (χ4n) is 3.17. The van der Waals surface area contributed by atoms with Gasteiger partial charge in [0.05, 0.1) is 43.8 Å². The van der Waals surface area contributed by atoms with E-state index in [1.54, 1.807) is 28.4 Å². The second-order valence-electron chi connectivity index (χ2n) is 6.59. The lowest BCUT2D eigenvalue weighted by Gasteiger charge is -2.18. The van der Waals surface area contributed by atoms with E-state index in [9.17, 15) is 0 Å². The largest absolute Gasteiger partial charge is 0.493 e. The molecule has 1 atom stereocenters. The standard InChI is InChI=1S/C22H30INO5S/c1-25-19-9-7-16(14-21(19)27-3)11-13-24-12-5-6-18(29-30-23)17-8-10-20(26-2)22(15-17)28-4/h7-10,14-15,18,24H,5-6,11-13H2,1-4H3. The monoisotopic (exact) mass is 547 g/mol. The van der Waals surface area contributed by atoms with Crippen LogP contribution in [0.15, 0.2) is 36.4 Å². The molecule has 2 aromatic rings. The van der Waals surface area contributed by atoms with Crippen molar-refractivity contribution in [2.45, 2.75) is 25.4 Å². The lowest BCUT2D eigenvalue weighted by Crippen LogP contribution is -2.19. The quantitative estimate of drug-likeness (QED) is 0.193. The van der Waals surface area contributed by atoms with Crippen molar-refractivity contribution in [3.8, 4) is 23.0 Å². The minimum absolute atomic E-state index is 0.000597. The van der Waals surface area contributed by atoms with Crippen molar-refractivity contribution in [3.63, 3.8) is 0 Å². The number of nitrogens with one attached hydrogen (secondary N) is 1. The predicted molar refractivity (Wildman–Crippen MR) is 130 cm³/mol. The summed E-state index contributed by atoms with van der Waals surface area (Å²) in [5, 5.41) is 3.51. The Balaban J connectivity index is 1.80. The number of ether oxygens (including phenoxy) is 4. The molecule has 0 amide bonds. The van der Waals surface area contributed by atoms with Crippen LogP contribution in [0.1, 0.15) is 30.1 Å². The maximum atomic E-state index is 5.88. The van der Waals surface area contributed by atoms with Crippen LogP contribution >= 0.6 is 30.4 Å². The Morgan fingerprint density at radius 1 is 0.833 bits per heavy atom. The van der Waals surface area contributed by atoms with E-state index in [2.05, 4.69) is 32.6 Å². The van der Waals surface area contributed by atoms with E-state index in [1.165, 1.54) is 14.8 Å². The number of hydrogen-bond acceptors (Lipinski definition) is 7. The first-order valence-corrected chi connectivity index (χ1v) is 13.0. The maximum Gasteiger partial charge on any atom is 0.161 e. The second kappa shape index (κ2) is 13.8. The molecule has 0 bridgehead atoms. The average Bonchev–Trinajstić information content (AvgIpc) is 2.79. The van der Waals surface area contributed by atoms with E-state index in [-0.39, 0.29) is 6.10 Å². The van der Waals surface area contributed by atoms with Gasteiger partial charge in [-0.3, -0.25) is 4.18 Å². The van der Waals surface area contributed by atoms with Crippen LogP contribution in [-0.2, 0) is 10.6 Å². The van der Waals surface area contributed by atoms with Crippen LogP contribution < -0.4 is 24.3 Å². The molecule has 0 aliphatic heterocycles. The molecule has 0 radical (unpaired) electrons. The number of methoxy groups -OCH3 is 4. The molecule has 0 fully saturated rings. The fraction of sp³-hybridized carbons (Fsp3) is 0.455. The Labute approximate surface area is 195 Å². The Kier molecular flexibility index (Phi) is 11.5. The summed E-state index contributed by atoms with van der Waals surface area (Å²) < 4.78 is 27.3. The number of halogens is 1. The van der Waals surface area contributed by atoms with E-state index in [1.807, 2.05) is 30.3 Å². The average molecular weight is 547 g/mol. The fourth-order valence-corrected chi connectivity index (χ4v) is 4.22. The predicted octanol–water partition coefficient (Wildman–Crippen LogP) is 5.39. The van der Waals surface area contributed by atoms with Gasteiger partial charge < -0.3 is 24.3 Å². The van der Waals surface area contributed by atoms with Gasteiger partial charge in [0.15, 0.2) is 23.0 Å². The summed E-state index contributed by atoms with van der Waals surface area (Å²) in [6.07, 6.45) is 2.84. The summed E-state index contributed by atoms with van der Waals surface area (Å²) in [5.74, 6) is 2.96. The van der Waals surface area contributed by atoms with Gasteiger partial charge in [0.1, 0.15) is 0 Å². The van der Waals surface area contributed by atoms with E-state index >= 15 is 0 Å². The first-order chi connectivity index (χ1) is 14.7. The molecule has 2 aromatic carbocycles. The molecule has 6 nitrogen and oxygen atoms in total. The molecule has 0 saturated heterocycles. The molecule has 0 aliphatic carbocycles. The topological polar surface area (TPSA) is 58.2 Å². The smallest absolute Gasteiger partial charge is 0.161 e. The van der Waals surface area contributed by atoms with Crippen molar-refractivity contribution in [2.24, 2.45) is 0 Å². The zero-order valence-corrected chi connectivity index (χ0v) is 20.9. The van der Waals surface area contributed by atoms with Gasteiger partial charge in [-0.25, -0.2) is 0 Å². The Morgan fingerprint density at radius 3 is 2.10 bits per heavy atom. The maximum absolute atomic E-state index is 5.88. The summed E-state index contributed by atoms with van der Waals surface area (Å²) in [6, 6.07) is 12.0. The van der Waals surface area contributed by atoms with Gasteiger partial charge in [-0.05, 0) is 67.7 Å². The first-order valence-electron chi connectivity index (χ1n) is 9.74. The molecule has 0 heterocycles. The highest BCUT2D eigenvalue weighted by molar-refractivity contribution is 14.2. The number of hydrogen-bond donors (Lipinski definition) is 1. The summed E-state index contributed by atoms with van der Waals surface area (Å²) in [4.78, 5) is 0. The third-order valence-electron chi connectivity index (χ3n) is 4.79. The second-order valence-corrected chi connectivity index (χ2v) is 7.99. The van der Waals surface area contributed by atoms with Crippen molar-refractivity contribution < 1.29 is 23.1 Å². The van der Waals surface area contributed by atoms with E-state index in [0.29, 0.717) is 0 Å². The molecule has 166 valence electrons. The molecule has 2 rings (SSSR count). The van der Waals surface area contributed by atoms with Gasteiger partial charge in [0.25, 0.3) is 0 Å². The van der Waals surface area contributed by atoms with Crippen molar-refractivity contribution in [1.82, 2.24) is 5.32 Å². The van der Waals surface area contributed by atoms with Crippen LogP contribution in [0.25, 0.3) is 0 Å². The lowest BCUT2D eigenvalue weighted by molar-refractivity contribution is 0.233. The van der Waals surface area contributed by atoms with E-state index in [4.69, 9.17) is 23.1 Å². The molecular weight excluding hydrogens is 517 g/mol. The molecule has 8 heteroatoms. The lowest BCUT2D eigenvalue weighted by atomic mass is 10.0. The van der Waals surface area contributed by atoms with Crippen molar-refractivity contribution >= 4 is 30.4 Å². The van der Waals surface area contributed by atoms with Gasteiger partial charge in [0, 0.05) is 21.2 Å². The zero-order chi connectivity index (χ0) is 21.8. The van der Waals surface area contributed by atoms with Crippen LogP contribution in [0.4, 0.5) is 0 Å². The molecule has 30 heavy (non-hydrogen) atoms. The molecule has 0 saturated carbocycles. The molecule has 1 unspecified atom stereocenters. The van der Waals surface area contributed by atoms with Crippen LogP contribution in [-0.4, -0.2) is 41.5 Å². The number of benzene rings is 2. The molecule has 0 spiro atoms. The van der Waals surface area contributed by atoms with Crippen LogP contribution in [0.2, 0.25) is 0 Å². The molecule has 0 aliphatic rings. The highest BCUT2D eigenvalue weighted by Crippen LogP contribution is 2.35. The van der Waals surface area contributed by atoms with Gasteiger partial charge in [-0.2, -0.15) is 0 Å². The number of rotatable bonds is 14. The van der Waals surface area contributed by atoms with Gasteiger partial charge in [0.2, 0.25) is 0 Å². The summed E-state index contributed by atoms with van der Waals surface area (Å²) in [5.41, 5.74) is 2.30. The van der Waals surface area contributed by atoms with Gasteiger partial charge in [-0.1, -0.05) is 12.1 Å². The highest BCUT2D eigenvalue weighted by Gasteiger charge is 2.15. The normalized spacial score (nSPS) is 11.8. The van der Waals surface area contributed by atoms with E-state index in [0.717, 1.165) is 60.9 Å². The van der Waals surface area contributed by atoms with Crippen molar-refractivity contribution in [3.05, 3.63) is 47.5 Å². The summed E-state index contributed by atoms with van der Waals surface area (Å²) in [7, 11) is 7.94. The van der Waals surface area contributed by atoms with Gasteiger partial charge >= 0.3 is 0 Å².